The third kappa shape index (κ3) is 3.15. The van der Waals surface area contributed by atoms with E-state index in [1.165, 1.54) is 6.20 Å². The molecule has 24 heavy (non-hydrogen) atoms. The van der Waals surface area contributed by atoms with Crippen molar-refractivity contribution in [3.63, 3.8) is 0 Å². The van der Waals surface area contributed by atoms with Crippen molar-refractivity contribution in [2.45, 2.75) is 20.8 Å². The molecule has 0 spiro atoms. The first kappa shape index (κ1) is 15.8. The highest BCUT2D eigenvalue weighted by atomic mass is 16.5. The Kier molecular flexibility index (Phi) is 4.33. The van der Waals surface area contributed by atoms with Crippen LogP contribution in [0.5, 0.6) is 6.01 Å². The largest absolute Gasteiger partial charge is 0.464 e. The van der Waals surface area contributed by atoms with E-state index in [0.717, 1.165) is 5.52 Å². The maximum atomic E-state index is 12.5. The lowest BCUT2D eigenvalue weighted by molar-refractivity contribution is 0.102. The third-order valence-corrected chi connectivity index (χ3v) is 3.44. The molecule has 7 heteroatoms. The van der Waals surface area contributed by atoms with E-state index in [2.05, 4.69) is 25.3 Å². The first-order valence-corrected chi connectivity index (χ1v) is 7.59. The second-order valence-electron chi connectivity index (χ2n) is 5.18. The first-order chi connectivity index (χ1) is 11.6. The van der Waals surface area contributed by atoms with Crippen LogP contribution in [0.1, 0.15) is 28.8 Å². The van der Waals surface area contributed by atoms with Gasteiger partial charge in [-0.25, -0.2) is 4.98 Å². The van der Waals surface area contributed by atoms with E-state index < -0.39 is 0 Å². The maximum Gasteiger partial charge on any atom is 0.316 e. The average Bonchev–Trinajstić information content (AvgIpc) is 2.58. The minimum atomic E-state index is -0.354. The van der Waals surface area contributed by atoms with Gasteiger partial charge in [0, 0.05) is 0 Å². The number of benzene rings is 1. The summed E-state index contributed by atoms with van der Waals surface area (Å²) in [7, 11) is 0. The molecule has 122 valence electrons. The minimum absolute atomic E-state index is 0.237. The van der Waals surface area contributed by atoms with Gasteiger partial charge in [-0.3, -0.25) is 9.78 Å². The molecule has 3 aromatic rings. The number of para-hydroxylation sites is 2. The predicted octanol–water partition coefficient (Wildman–Crippen LogP) is 2.69. The number of nitrogens with zero attached hydrogens (tertiary/aromatic N) is 4. The number of carbonyl (C=O) groups excluding carboxylic acids is 1. The molecular weight excluding hydrogens is 306 g/mol. The normalized spacial score (nSPS) is 10.6. The van der Waals surface area contributed by atoms with Crippen LogP contribution in [0.4, 0.5) is 5.69 Å². The van der Waals surface area contributed by atoms with Crippen LogP contribution in [-0.4, -0.2) is 32.4 Å². The van der Waals surface area contributed by atoms with Crippen LogP contribution in [0.2, 0.25) is 0 Å². The lowest BCUT2D eigenvalue weighted by Gasteiger charge is -2.12. The molecule has 1 amide bonds. The van der Waals surface area contributed by atoms with Crippen molar-refractivity contribution < 1.29 is 9.53 Å². The molecule has 0 radical (unpaired) electrons. The van der Waals surface area contributed by atoms with Crippen LogP contribution in [0.15, 0.2) is 30.5 Å². The highest BCUT2D eigenvalue weighted by molar-refractivity contribution is 6.04. The molecule has 0 bridgehead atoms. The van der Waals surface area contributed by atoms with Gasteiger partial charge in [0.25, 0.3) is 5.91 Å². The molecule has 1 N–H and O–H groups in total. The summed E-state index contributed by atoms with van der Waals surface area (Å²) in [5.74, 6) is -0.354. The zero-order valence-electron chi connectivity index (χ0n) is 13.7. The van der Waals surface area contributed by atoms with Crippen molar-refractivity contribution in [3.05, 3.63) is 47.5 Å². The second kappa shape index (κ2) is 6.57. The van der Waals surface area contributed by atoms with Crippen LogP contribution in [0.25, 0.3) is 11.0 Å². The molecular formula is C17H17N5O2. The minimum Gasteiger partial charge on any atom is -0.464 e. The van der Waals surface area contributed by atoms with Gasteiger partial charge in [0.05, 0.1) is 40.9 Å². The van der Waals surface area contributed by atoms with Crippen molar-refractivity contribution in [2.24, 2.45) is 0 Å². The third-order valence-electron chi connectivity index (χ3n) is 3.44. The van der Waals surface area contributed by atoms with Gasteiger partial charge >= 0.3 is 6.01 Å². The van der Waals surface area contributed by atoms with Crippen LogP contribution >= 0.6 is 0 Å². The standard InChI is InChI=1S/C17H17N5O2/c1-4-24-17-19-10(2)15(11(3)20-17)22-16(23)14-9-18-12-7-5-6-8-13(12)21-14/h5-9H,4H2,1-3H3,(H,22,23). The molecule has 7 nitrogen and oxygen atoms in total. The van der Waals surface area contributed by atoms with Crippen LogP contribution < -0.4 is 10.1 Å². The van der Waals surface area contributed by atoms with E-state index in [-0.39, 0.29) is 11.6 Å². The number of rotatable bonds is 4. The van der Waals surface area contributed by atoms with E-state index in [1.807, 2.05) is 31.2 Å². The Labute approximate surface area is 139 Å². The van der Waals surface area contributed by atoms with E-state index >= 15 is 0 Å². The quantitative estimate of drug-likeness (QED) is 0.794. The highest BCUT2D eigenvalue weighted by Gasteiger charge is 2.15. The number of aryl methyl sites for hydroxylation is 2. The number of fused-ring (bicyclic) bond motifs is 1. The fourth-order valence-electron chi connectivity index (χ4n) is 2.30. The number of hydrogen-bond acceptors (Lipinski definition) is 6. The van der Waals surface area contributed by atoms with Crippen molar-refractivity contribution in [2.75, 3.05) is 11.9 Å². The zero-order valence-corrected chi connectivity index (χ0v) is 13.7. The summed E-state index contributed by atoms with van der Waals surface area (Å²) in [5.41, 5.74) is 3.47. The number of ether oxygens (including phenoxy) is 1. The molecule has 2 aromatic heterocycles. The Morgan fingerprint density at radius 1 is 1.08 bits per heavy atom. The molecule has 0 saturated carbocycles. The van der Waals surface area contributed by atoms with Crippen LogP contribution in [0, 0.1) is 13.8 Å². The molecule has 0 unspecified atom stereocenters. The smallest absolute Gasteiger partial charge is 0.316 e. The van der Waals surface area contributed by atoms with Crippen molar-refractivity contribution in [1.29, 1.82) is 0 Å². The number of hydrogen-bond donors (Lipinski definition) is 1. The van der Waals surface area contributed by atoms with Crippen LogP contribution in [0.3, 0.4) is 0 Å². The summed E-state index contributed by atoms with van der Waals surface area (Å²) in [6.45, 7) is 5.93. The summed E-state index contributed by atoms with van der Waals surface area (Å²) < 4.78 is 5.30. The van der Waals surface area contributed by atoms with Gasteiger partial charge in [-0.05, 0) is 32.9 Å². The molecule has 0 atom stereocenters. The predicted molar refractivity (Wildman–Crippen MR) is 90.2 cm³/mol. The van der Waals surface area contributed by atoms with E-state index in [1.54, 1.807) is 13.8 Å². The maximum absolute atomic E-state index is 12.5. The summed E-state index contributed by atoms with van der Waals surface area (Å²) in [5, 5.41) is 2.81. The summed E-state index contributed by atoms with van der Waals surface area (Å²) >= 11 is 0. The molecule has 1 aromatic carbocycles. The Bertz CT molecular complexity index is 887. The fourth-order valence-corrected chi connectivity index (χ4v) is 2.30. The van der Waals surface area contributed by atoms with Crippen molar-refractivity contribution in [1.82, 2.24) is 19.9 Å². The number of aromatic nitrogens is 4. The number of nitrogens with one attached hydrogen (secondary N) is 1. The zero-order chi connectivity index (χ0) is 17.1. The van der Waals surface area contributed by atoms with Gasteiger partial charge in [-0.15, -0.1) is 0 Å². The SMILES string of the molecule is CCOc1nc(C)c(NC(=O)c2cnc3ccccc3n2)c(C)n1. The summed E-state index contributed by atoms with van der Waals surface area (Å²) in [4.78, 5) is 29.5. The van der Waals surface area contributed by atoms with E-state index in [0.29, 0.717) is 35.2 Å². The van der Waals surface area contributed by atoms with E-state index in [4.69, 9.17) is 4.74 Å². The topological polar surface area (TPSA) is 89.9 Å². The van der Waals surface area contributed by atoms with Gasteiger partial charge in [0.15, 0.2) is 0 Å². The molecule has 0 fully saturated rings. The molecule has 0 aliphatic rings. The number of anilines is 1. The molecule has 0 aliphatic heterocycles. The fraction of sp³-hybridized carbons (Fsp3) is 0.235. The summed E-state index contributed by atoms with van der Waals surface area (Å²) in [6, 6.07) is 7.69. The second-order valence-corrected chi connectivity index (χ2v) is 5.18. The molecule has 2 heterocycles. The Morgan fingerprint density at radius 3 is 2.42 bits per heavy atom. The van der Waals surface area contributed by atoms with Gasteiger partial charge in [0.1, 0.15) is 5.69 Å². The van der Waals surface area contributed by atoms with Gasteiger partial charge in [0.2, 0.25) is 0 Å². The summed E-state index contributed by atoms with van der Waals surface area (Å²) in [6.07, 6.45) is 1.46. The van der Waals surface area contributed by atoms with Gasteiger partial charge in [-0.1, -0.05) is 12.1 Å². The van der Waals surface area contributed by atoms with Crippen molar-refractivity contribution >= 4 is 22.6 Å². The van der Waals surface area contributed by atoms with E-state index in [9.17, 15) is 4.79 Å². The number of amides is 1. The lowest BCUT2D eigenvalue weighted by atomic mass is 10.2. The average molecular weight is 323 g/mol. The Balaban J connectivity index is 1.88. The molecule has 0 saturated heterocycles. The van der Waals surface area contributed by atoms with Gasteiger partial charge < -0.3 is 10.1 Å². The van der Waals surface area contributed by atoms with Crippen LogP contribution in [-0.2, 0) is 0 Å². The molecule has 0 aliphatic carbocycles. The lowest BCUT2D eigenvalue weighted by Crippen LogP contribution is -2.17. The first-order valence-electron chi connectivity index (χ1n) is 7.59. The van der Waals surface area contributed by atoms with Crippen molar-refractivity contribution in [3.8, 4) is 6.01 Å². The highest BCUT2D eigenvalue weighted by Crippen LogP contribution is 2.20. The Morgan fingerprint density at radius 2 is 1.75 bits per heavy atom. The Hall–Kier alpha value is -3.09. The van der Waals surface area contributed by atoms with Gasteiger partial charge in [-0.2, -0.15) is 9.97 Å². The monoisotopic (exact) mass is 323 g/mol. The number of carbonyl (C=O) groups is 1. The molecule has 3 rings (SSSR count).